The van der Waals surface area contributed by atoms with Gasteiger partial charge in [0.1, 0.15) is 16.5 Å². The summed E-state index contributed by atoms with van der Waals surface area (Å²) in [5, 5.41) is 0. The van der Waals surface area contributed by atoms with Gasteiger partial charge < -0.3 is 9.30 Å². The highest BCUT2D eigenvalue weighted by Gasteiger charge is 2.30. The van der Waals surface area contributed by atoms with Crippen molar-refractivity contribution in [1.82, 2.24) is 18.8 Å². The van der Waals surface area contributed by atoms with Crippen LogP contribution in [0.4, 0.5) is 0 Å². The number of benzene rings is 2. The van der Waals surface area contributed by atoms with Crippen molar-refractivity contribution < 1.29 is 13.2 Å². The summed E-state index contributed by atoms with van der Waals surface area (Å²) >= 11 is 0. The first-order chi connectivity index (χ1) is 15.1. The minimum atomic E-state index is -3.57. The molecule has 0 atom stereocenters. The van der Waals surface area contributed by atoms with Gasteiger partial charge in [-0.3, -0.25) is 4.90 Å². The van der Waals surface area contributed by atoms with Gasteiger partial charge in [0.15, 0.2) is 0 Å². The molecule has 2 aromatic carbocycles. The molecule has 0 amide bonds. The summed E-state index contributed by atoms with van der Waals surface area (Å²) in [6.45, 7) is 6.28. The summed E-state index contributed by atoms with van der Waals surface area (Å²) in [6.07, 6.45) is 3.82. The maximum absolute atomic E-state index is 13.2. The van der Waals surface area contributed by atoms with Gasteiger partial charge in [0.05, 0.1) is 6.61 Å². The van der Waals surface area contributed by atoms with E-state index in [-0.39, 0.29) is 4.90 Å². The molecule has 4 rings (SSSR count). The first kappa shape index (κ1) is 21.5. The van der Waals surface area contributed by atoms with Crippen LogP contribution >= 0.6 is 0 Å². The molecule has 1 saturated heterocycles. The number of ether oxygens (including phenoxy) is 1. The van der Waals surface area contributed by atoms with Crippen LogP contribution in [0, 0.1) is 0 Å². The number of piperazine rings is 1. The Balaban J connectivity index is 1.36. The topological polar surface area (TPSA) is 67.7 Å². The van der Waals surface area contributed by atoms with Crippen molar-refractivity contribution in [3.05, 3.63) is 67.0 Å². The maximum atomic E-state index is 13.2. The average Bonchev–Trinajstić information content (AvgIpc) is 3.28. The minimum Gasteiger partial charge on any atom is -0.492 e. The first-order valence-corrected chi connectivity index (χ1v) is 12.0. The van der Waals surface area contributed by atoms with E-state index in [1.807, 2.05) is 37.5 Å². The molecule has 0 N–H and O–H groups in total. The van der Waals surface area contributed by atoms with Gasteiger partial charge in [0.2, 0.25) is 10.0 Å². The Hall–Kier alpha value is -2.68. The number of nitrogens with zero attached hydrogens (tertiary/aromatic N) is 4. The third-order valence-electron chi connectivity index (χ3n) is 5.50. The fourth-order valence-corrected chi connectivity index (χ4v) is 5.41. The zero-order valence-electron chi connectivity index (χ0n) is 17.7. The van der Waals surface area contributed by atoms with Gasteiger partial charge >= 0.3 is 0 Å². The molecule has 0 unspecified atom stereocenters. The number of aromatic nitrogens is 2. The Morgan fingerprint density at radius 1 is 0.935 bits per heavy atom. The molecule has 31 heavy (non-hydrogen) atoms. The van der Waals surface area contributed by atoms with E-state index >= 15 is 0 Å². The molecule has 1 aliphatic rings. The SMILES string of the molecule is CCOc1ccccc1S(=O)(=O)N1CCN(CCn2ccnc2-c2ccccc2)CC1. The summed E-state index contributed by atoms with van der Waals surface area (Å²) < 4.78 is 35.6. The molecule has 1 aliphatic heterocycles. The summed E-state index contributed by atoms with van der Waals surface area (Å²) in [5.74, 6) is 1.37. The van der Waals surface area contributed by atoms with Crippen molar-refractivity contribution in [2.45, 2.75) is 18.4 Å². The van der Waals surface area contributed by atoms with E-state index < -0.39 is 10.0 Å². The number of imidazole rings is 1. The van der Waals surface area contributed by atoms with E-state index in [2.05, 4.69) is 26.6 Å². The van der Waals surface area contributed by atoms with Gasteiger partial charge in [-0.25, -0.2) is 13.4 Å². The molecule has 8 heteroatoms. The molecule has 7 nitrogen and oxygen atoms in total. The predicted octanol–water partition coefficient (Wildman–Crippen LogP) is 2.96. The zero-order chi connectivity index (χ0) is 21.7. The molecule has 1 aromatic heterocycles. The van der Waals surface area contributed by atoms with Crippen LogP contribution in [0.2, 0.25) is 0 Å². The Kier molecular flexibility index (Phi) is 6.70. The van der Waals surface area contributed by atoms with E-state index in [1.165, 1.54) is 0 Å². The molecule has 0 radical (unpaired) electrons. The average molecular weight is 441 g/mol. The van der Waals surface area contributed by atoms with Crippen LogP contribution in [-0.2, 0) is 16.6 Å². The lowest BCUT2D eigenvalue weighted by molar-refractivity contribution is 0.183. The molecule has 0 bridgehead atoms. The molecule has 2 heterocycles. The molecule has 3 aromatic rings. The highest BCUT2D eigenvalue weighted by Crippen LogP contribution is 2.27. The number of sulfonamides is 1. The fourth-order valence-electron chi connectivity index (χ4n) is 3.86. The van der Waals surface area contributed by atoms with Crippen LogP contribution in [0.5, 0.6) is 5.75 Å². The Morgan fingerprint density at radius 3 is 2.39 bits per heavy atom. The van der Waals surface area contributed by atoms with Crippen molar-refractivity contribution >= 4 is 10.0 Å². The van der Waals surface area contributed by atoms with Crippen molar-refractivity contribution in [1.29, 1.82) is 0 Å². The second-order valence-corrected chi connectivity index (χ2v) is 9.34. The van der Waals surface area contributed by atoms with Gasteiger partial charge in [-0.1, -0.05) is 42.5 Å². The van der Waals surface area contributed by atoms with Gasteiger partial charge in [0, 0.05) is 57.2 Å². The lowest BCUT2D eigenvalue weighted by Gasteiger charge is -2.34. The van der Waals surface area contributed by atoms with Crippen LogP contribution in [0.25, 0.3) is 11.4 Å². The molecule has 1 fully saturated rings. The summed E-state index contributed by atoms with van der Waals surface area (Å²) in [7, 11) is -3.57. The van der Waals surface area contributed by atoms with Crippen LogP contribution in [0.15, 0.2) is 71.9 Å². The van der Waals surface area contributed by atoms with E-state index in [1.54, 1.807) is 28.6 Å². The summed E-state index contributed by atoms with van der Waals surface area (Å²) in [5.41, 5.74) is 1.09. The van der Waals surface area contributed by atoms with E-state index in [0.717, 1.165) is 24.5 Å². The highest BCUT2D eigenvalue weighted by molar-refractivity contribution is 7.89. The molecule has 0 saturated carbocycles. The number of rotatable bonds is 8. The number of para-hydroxylation sites is 1. The van der Waals surface area contributed by atoms with Crippen LogP contribution in [-0.4, -0.2) is 66.5 Å². The normalized spacial score (nSPS) is 15.8. The van der Waals surface area contributed by atoms with Crippen LogP contribution < -0.4 is 4.74 Å². The van der Waals surface area contributed by atoms with Crippen LogP contribution in [0.1, 0.15) is 6.92 Å². The van der Waals surface area contributed by atoms with Crippen molar-refractivity contribution in [3.63, 3.8) is 0 Å². The maximum Gasteiger partial charge on any atom is 0.246 e. The third kappa shape index (κ3) is 4.81. The number of hydrogen-bond acceptors (Lipinski definition) is 5. The smallest absolute Gasteiger partial charge is 0.246 e. The van der Waals surface area contributed by atoms with Gasteiger partial charge in [-0.2, -0.15) is 4.31 Å². The largest absolute Gasteiger partial charge is 0.492 e. The van der Waals surface area contributed by atoms with Crippen molar-refractivity contribution in [2.75, 3.05) is 39.3 Å². The molecule has 0 aliphatic carbocycles. The van der Waals surface area contributed by atoms with E-state index in [4.69, 9.17) is 4.74 Å². The monoisotopic (exact) mass is 440 g/mol. The van der Waals surface area contributed by atoms with E-state index in [9.17, 15) is 8.42 Å². The van der Waals surface area contributed by atoms with E-state index in [0.29, 0.717) is 38.5 Å². The quantitative estimate of drug-likeness (QED) is 0.539. The van der Waals surface area contributed by atoms with Crippen molar-refractivity contribution in [2.24, 2.45) is 0 Å². The molecule has 0 spiro atoms. The standard InChI is InChI=1S/C23H28N4O3S/c1-2-30-21-10-6-7-11-22(21)31(28,29)27-18-15-25(16-19-27)14-17-26-13-12-24-23(26)20-8-4-3-5-9-20/h3-13H,2,14-19H2,1H3. The minimum absolute atomic E-state index is 0.246. The molecular weight excluding hydrogens is 412 g/mol. The van der Waals surface area contributed by atoms with Gasteiger partial charge in [-0.15, -0.1) is 0 Å². The third-order valence-corrected chi connectivity index (χ3v) is 7.44. The fraction of sp³-hybridized carbons (Fsp3) is 0.348. The lowest BCUT2D eigenvalue weighted by Crippen LogP contribution is -2.49. The lowest BCUT2D eigenvalue weighted by atomic mass is 10.2. The highest BCUT2D eigenvalue weighted by atomic mass is 32.2. The summed E-state index contributed by atoms with van der Waals surface area (Å²) in [4.78, 5) is 7.04. The second-order valence-electron chi connectivity index (χ2n) is 7.44. The van der Waals surface area contributed by atoms with Gasteiger partial charge in [0.25, 0.3) is 0 Å². The molecule has 164 valence electrons. The zero-order valence-corrected chi connectivity index (χ0v) is 18.5. The van der Waals surface area contributed by atoms with Crippen LogP contribution in [0.3, 0.4) is 0 Å². The Morgan fingerprint density at radius 2 is 1.65 bits per heavy atom. The summed E-state index contributed by atoms with van der Waals surface area (Å²) in [6, 6.07) is 17.0. The van der Waals surface area contributed by atoms with Crippen molar-refractivity contribution in [3.8, 4) is 17.1 Å². The Bertz CT molecular complexity index is 1090. The second kappa shape index (κ2) is 9.64. The first-order valence-electron chi connectivity index (χ1n) is 10.6. The van der Waals surface area contributed by atoms with Gasteiger partial charge in [-0.05, 0) is 19.1 Å². The predicted molar refractivity (Wildman–Crippen MR) is 120 cm³/mol. The Labute approximate surface area is 183 Å². The number of hydrogen-bond donors (Lipinski definition) is 0. The molecular formula is C23H28N4O3S.